The number of hydrogen-bond donors (Lipinski definition) is 1. The molecule has 0 aliphatic heterocycles. The molecule has 0 bridgehead atoms. The molecule has 1 saturated carbocycles. The van der Waals surface area contributed by atoms with Crippen LogP contribution in [0, 0.1) is 0 Å². The minimum Gasteiger partial charge on any atom is -0.392 e. The van der Waals surface area contributed by atoms with Crippen LogP contribution in [0.1, 0.15) is 25.7 Å². The summed E-state index contributed by atoms with van der Waals surface area (Å²) >= 11 is 2.44. The van der Waals surface area contributed by atoms with E-state index < -0.39 is 0 Å². The van der Waals surface area contributed by atoms with Crippen molar-refractivity contribution in [3.63, 3.8) is 0 Å². The topological polar surface area (TPSA) is 23.5 Å². The molecule has 1 rings (SSSR count). The first kappa shape index (κ1) is 10.7. The minimum atomic E-state index is -0.103. The maximum absolute atomic E-state index is 9.84. The molecule has 72 valence electrons. The SMILES string of the molecule is CN(C)C[C@@]1(I)CCCC[C@H]1O. The van der Waals surface area contributed by atoms with Crippen molar-refractivity contribution in [1.29, 1.82) is 0 Å². The molecular formula is C9H18INO. The van der Waals surface area contributed by atoms with Crippen molar-refractivity contribution >= 4 is 22.6 Å². The Hall–Kier alpha value is 0.650. The number of aliphatic hydroxyl groups is 1. The van der Waals surface area contributed by atoms with Crippen molar-refractivity contribution in [2.45, 2.75) is 35.2 Å². The van der Waals surface area contributed by atoms with Gasteiger partial charge in [0.2, 0.25) is 0 Å². The standard InChI is InChI=1S/C9H18INO/c1-11(2)7-9(10)6-4-3-5-8(9)12/h8,12H,3-7H2,1-2H3/t8-,9+/m1/s1. The molecule has 1 fully saturated rings. The van der Waals surface area contributed by atoms with Crippen LogP contribution in [0.15, 0.2) is 0 Å². The fourth-order valence-electron chi connectivity index (χ4n) is 1.89. The van der Waals surface area contributed by atoms with Gasteiger partial charge in [-0.1, -0.05) is 35.4 Å². The van der Waals surface area contributed by atoms with Crippen LogP contribution in [0.4, 0.5) is 0 Å². The fraction of sp³-hybridized carbons (Fsp3) is 1.00. The van der Waals surface area contributed by atoms with E-state index in [-0.39, 0.29) is 9.53 Å². The summed E-state index contributed by atoms with van der Waals surface area (Å²) in [4.78, 5) is 2.17. The third-order valence-corrected chi connectivity index (χ3v) is 4.10. The summed E-state index contributed by atoms with van der Waals surface area (Å²) in [7, 11) is 4.14. The quantitative estimate of drug-likeness (QED) is 0.615. The van der Waals surface area contributed by atoms with E-state index >= 15 is 0 Å². The summed E-state index contributed by atoms with van der Waals surface area (Å²) in [6, 6.07) is 0. The van der Waals surface area contributed by atoms with Gasteiger partial charge in [0.1, 0.15) is 0 Å². The summed E-state index contributed by atoms with van der Waals surface area (Å²) in [6.07, 6.45) is 4.51. The van der Waals surface area contributed by atoms with E-state index in [0.29, 0.717) is 0 Å². The molecule has 0 unspecified atom stereocenters. The predicted molar refractivity (Wildman–Crippen MR) is 59.8 cm³/mol. The van der Waals surface area contributed by atoms with Gasteiger partial charge >= 0.3 is 0 Å². The second-order valence-electron chi connectivity index (χ2n) is 4.03. The van der Waals surface area contributed by atoms with Gasteiger partial charge in [0.05, 0.1) is 9.53 Å². The lowest BCUT2D eigenvalue weighted by Gasteiger charge is -2.38. The summed E-state index contributed by atoms with van der Waals surface area (Å²) in [6.45, 7) is 0.995. The molecule has 0 radical (unpaired) electrons. The molecule has 1 aliphatic rings. The van der Waals surface area contributed by atoms with Crippen LogP contribution < -0.4 is 0 Å². The predicted octanol–water partition coefficient (Wildman–Crippen LogP) is 1.66. The molecule has 12 heavy (non-hydrogen) atoms. The van der Waals surface area contributed by atoms with Crippen LogP contribution in [0.25, 0.3) is 0 Å². The van der Waals surface area contributed by atoms with Crippen LogP contribution in [0.3, 0.4) is 0 Å². The van der Waals surface area contributed by atoms with Crippen LogP contribution in [0.5, 0.6) is 0 Å². The summed E-state index contributed by atoms with van der Waals surface area (Å²) in [5, 5.41) is 9.84. The monoisotopic (exact) mass is 283 g/mol. The molecule has 0 amide bonds. The van der Waals surface area contributed by atoms with Crippen LogP contribution in [0.2, 0.25) is 0 Å². The Morgan fingerprint density at radius 3 is 2.67 bits per heavy atom. The van der Waals surface area contributed by atoms with Crippen molar-refractivity contribution < 1.29 is 5.11 Å². The van der Waals surface area contributed by atoms with Crippen LogP contribution in [-0.4, -0.2) is 40.2 Å². The zero-order valence-corrected chi connectivity index (χ0v) is 10.0. The van der Waals surface area contributed by atoms with E-state index in [9.17, 15) is 5.11 Å². The highest BCUT2D eigenvalue weighted by Crippen LogP contribution is 2.36. The van der Waals surface area contributed by atoms with Gasteiger partial charge in [0, 0.05) is 6.54 Å². The molecule has 0 aromatic rings. The summed E-state index contributed by atoms with van der Waals surface area (Å²) in [5.74, 6) is 0. The van der Waals surface area contributed by atoms with E-state index in [1.807, 2.05) is 0 Å². The third-order valence-electron chi connectivity index (χ3n) is 2.50. The maximum atomic E-state index is 9.84. The Bertz CT molecular complexity index is 151. The van der Waals surface area contributed by atoms with Crippen molar-refractivity contribution in [3.05, 3.63) is 0 Å². The van der Waals surface area contributed by atoms with Crippen LogP contribution in [-0.2, 0) is 0 Å². The first-order valence-electron chi connectivity index (χ1n) is 4.56. The number of aliphatic hydroxyl groups excluding tert-OH is 1. The largest absolute Gasteiger partial charge is 0.392 e. The van der Waals surface area contributed by atoms with Crippen molar-refractivity contribution in [1.82, 2.24) is 4.90 Å². The van der Waals surface area contributed by atoms with Gasteiger partial charge in [0.15, 0.2) is 0 Å². The average molecular weight is 283 g/mol. The van der Waals surface area contributed by atoms with Crippen molar-refractivity contribution in [2.75, 3.05) is 20.6 Å². The molecule has 0 spiro atoms. The second kappa shape index (κ2) is 4.24. The molecular weight excluding hydrogens is 265 g/mol. The van der Waals surface area contributed by atoms with E-state index in [1.165, 1.54) is 12.8 Å². The van der Waals surface area contributed by atoms with Gasteiger partial charge in [-0.3, -0.25) is 0 Å². The lowest BCUT2D eigenvalue weighted by molar-refractivity contribution is 0.0848. The highest BCUT2D eigenvalue weighted by atomic mass is 127. The molecule has 2 atom stereocenters. The van der Waals surface area contributed by atoms with Gasteiger partial charge in [-0.05, 0) is 26.9 Å². The van der Waals surface area contributed by atoms with Crippen molar-refractivity contribution in [2.24, 2.45) is 0 Å². The van der Waals surface area contributed by atoms with Gasteiger partial charge < -0.3 is 10.0 Å². The summed E-state index contributed by atoms with van der Waals surface area (Å²) in [5.41, 5.74) is 0. The molecule has 2 nitrogen and oxygen atoms in total. The van der Waals surface area contributed by atoms with Gasteiger partial charge in [-0.2, -0.15) is 0 Å². The molecule has 0 aromatic heterocycles. The average Bonchev–Trinajstić information content (AvgIpc) is 1.94. The molecule has 3 heteroatoms. The first-order chi connectivity index (χ1) is 5.54. The second-order valence-corrected chi connectivity index (χ2v) is 6.18. The number of rotatable bonds is 2. The lowest BCUT2D eigenvalue weighted by atomic mass is 9.86. The van der Waals surface area contributed by atoms with Gasteiger partial charge in [0.25, 0.3) is 0 Å². The van der Waals surface area contributed by atoms with E-state index in [4.69, 9.17) is 0 Å². The Kier molecular flexibility index (Phi) is 3.79. The summed E-state index contributed by atoms with van der Waals surface area (Å²) < 4.78 is 0.111. The van der Waals surface area contributed by atoms with Gasteiger partial charge in [-0.15, -0.1) is 0 Å². The van der Waals surface area contributed by atoms with E-state index in [1.54, 1.807) is 0 Å². The lowest BCUT2D eigenvalue weighted by Crippen LogP contribution is -2.46. The highest BCUT2D eigenvalue weighted by molar-refractivity contribution is 14.1. The highest BCUT2D eigenvalue weighted by Gasteiger charge is 2.37. The number of alkyl halides is 1. The number of halogens is 1. The van der Waals surface area contributed by atoms with E-state index in [0.717, 1.165) is 19.4 Å². The maximum Gasteiger partial charge on any atom is 0.0698 e. The number of hydrogen-bond acceptors (Lipinski definition) is 2. The minimum absolute atomic E-state index is 0.103. The Balaban J connectivity index is 2.53. The Labute approximate surface area is 88.5 Å². The molecule has 0 aromatic carbocycles. The zero-order chi connectivity index (χ0) is 9.19. The van der Waals surface area contributed by atoms with Gasteiger partial charge in [-0.25, -0.2) is 0 Å². The normalized spacial score (nSPS) is 37.2. The third kappa shape index (κ3) is 2.57. The smallest absolute Gasteiger partial charge is 0.0698 e. The van der Waals surface area contributed by atoms with E-state index in [2.05, 4.69) is 41.6 Å². The fourth-order valence-corrected chi connectivity index (χ4v) is 3.27. The number of nitrogens with zero attached hydrogens (tertiary/aromatic N) is 1. The van der Waals surface area contributed by atoms with Crippen LogP contribution >= 0.6 is 22.6 Å². The Morgan fingerprint density at radius 2 is 2.17 bits per heavy atom. The molecule has 0 heterocycles. The zero-order valence-electron chi connectivity index (χ0n) is 7.89. The molecule has 0 saturated heterocycles. The van der Waals surface area contributed by atoms with Crippen molar-refractivity contribution in [3.8, 4) is 0 Å². The first-order valence-corrected chi connectivity index (χ1v) is 5.64. The Morgan fingerprint density at radius 1 is 1.50 bits per heavy atom. The molecule has 1 aliphatic carbocycles. The molecule has 1 N–H and O–H groups in total.